The molecular formula is C24H15BrCl2FNO3S. The Morgan fingerprint density at radius 3 is 2.21 bits per heavy atom. The van der Waals surface area contributed by atoms with E-state index in [4.69, 9.17) is 27.9 Å². The molecule has 4 nitrogen and oxygen atoms in total. The van der Waals surface area contributed by atoms with Crippen molar-refractivity contribution in [3.63, 3.8) is 0 Å². The standard InChI is InChI=1S/C24H15BrCl2FNO3S/c25-17-5-1-14(2-6-17)12-29-23(30)21(33-24(29)31)11-16-9-19(26)22(20(27)10-16)32-13-15-3-7-18(28)8-4-15/h1-11H,12-13H2/b21-11-. The molecule has 0 atom stereocenters. The van der Waals surface area contributed by atoms with Crippen molar-refractivity contribution in [3.05, 3.63) is 103 Å². The van der Waals surface area contributed by atoms with Gasteiger partial charge in [-0.05, 0) is 70.9 Å². The van der Waals surface area contributed by atoms with Crippen LogP contribution in [0.3, 0.4) is 0 Å². The monoisotopic (exact) mass is 565 g/mol. The summed E-state index contributed by atoms with van der Waals surface area (Å²) < 4.78 is 19.7. The van der Waals surface area contributed by atoms with Crippen LogP contribution in [0.1, 0.15) is 16.7 Å². The smallest absolute Gasteiger partial charge is 0.293 e. The van der Waals surface area contributed by atoms with Crippen molar-refractivity contribution in [1.29, 1.82) is 0 Å². The first-order chi connectivity index (χ1) is 15.8. The first kappa shape index (κ1) is 23.8. The van der Waals surface area contributed by atoms with Gasteiger partial charge in [0.25, 0.3) is 11.1 Å². The topological polar surface area (TPSA) is 46.6 Å². The number of carbonyl (C=O) groups is 2. The molecule has 0 N–H and O–H groups in total. The van der Waals surface area contributed by atoms with Crippen LogP contribution in [0.4, 0.5) is 9.18 Å². The number of amides is 2. The largest absolute Gasteiger partial charge is 0.486 e. The van der Waals surface area contributed by atoms with E-state index in [0.717, 1.165) is 27.4 Å². The number of nitrogens with zero attached hydrogens (tertiary/aromatic N) is 1. The molecule has 0 saturated carbocycles. The molecule has 1 fully saturated rings. The fraction of sp³-hybridized carbons (Fsp3) is 0.0833. The molecule has 0 aromatic heterocycles. The van der Waals surface area contributed by atoms with Crippen LogP contribution in [0.25, 0.3) is 6.08 Å². The predicted molar refractivity (Wildman–Crippen MR) is 133 cm³/mol. The Kier molecular flexibility index (Phi) is 7.44. The molecule has 1 aliphatic heterocycles. The highest BCUT2D eigenvalue weighted by Gasteiger charge is 2.35. The molecule has 33 heavy (non-hydrogen) atoms. The van der Waals surface area contributed by atoms with Crippen LogP contribution in [-0.4, -0.2) is 16.0 Å². The van der Waals surface area contributed by atoms with E-state index in [-0.39, 0.29) is 50.8 Å². The Labute approximate surface area is 212 Å². The van der Waals surface area contributed by atoms with E-state index < -0.39 is 0 Å². The molecule has 0 radical (unpaired) electrons. The van der Waals surface area contributed by atoms with Gasteiger partial charge in [0.05, 0.1) is 21.5 Å². The highest BCUT2D eigenvalue weighted by molar-refractivity contribution is 9.10. The van der Waals surface area contributed by atoms with Crippen molar-refractivity contribution in [1.82, 2.24) is 4.90 Å². The maximum atomic E-state index is 13.0. The molecule has 0 aliphatic carbocycles. The molecule has 1 saturated heterocycles. The molecule has 1 aliphatic rings. The molecule has 2 amide bonds. The van der Waals surface area contributed by atoms with E-state index in [1.807, 2.05) is 24.3 Å². The van der Waals surface area contributed by atoms with Crippen molar-refractivity contribution in [2.45, 2.75) is 13.2 Å². The average molecular weight is 567 g/mol. The fourth-order valence-corrected chi connectivity index (χ4v) is 4.81. The SMILES string of the molecule is O=C1S/C(=C\c2cc(Cl)c(OCc3ccc(F)cc3)c(Cl)c2)C(=O)N1Cc1ccc(Br)cc1. The number of thioether (sulfide) groups is 1. The summed E-state index contributed by atoms with van der Waals surface area (Å²) in [5.41, 5.74) is 2.16. The van der Waals surface area contributed by atoms with Gasteiger partial charge in [-0.1, -0.05) is 63.4 Å². The summed E-state index contributed by atoms with van der Waals surface area (Å²) in [5.74, 6) is -0.430. The third-order valence-corrected chi connectivity index (χ3v) is 6.74. The third-order valence-electron chi connectivity index (χ3n) is 4.74. The number of benzene rings is 3. The lowest BCUT2D eigenvalue weighted by molar-refractivity contribution is -0.123. The number of imide groups is 1. The zero-order chi connectivity index (χ0) is 23.5. The van der Waals surface area contributed by atoms with E-state index in [2.05, 4.69) is 15.9 Å². The zero-order valence-electron chi connectivity index (χ0n) is 16.9. The number of carbonyl (C=O) groups excluding carboxylic acids is 2. The number of halogens is 4. The summed E-state index contributed by atoms with van der Waals surface area (Å²) in [6, 6.07) is 16.5. The highest BCUT2D eigenvalue weighted by atomic mass is 79.9. The molecule has 0 bridgehead atoms. The summed E-state index contributed by atoms with van der Waals surface area (Å²) in [4.78, 5) is 26.7. The minimum Gasteiger partial charge on any atom is -0.486 e. The van der Waals surface area contributed by atoms with Crippen LogP contribution < -0.4 is 4.74 Å². The van der Waals surface area contributed by atoms with Crippen LogP contribution in [0.5, 0.6) is 5.75 Å². The second-order valence-corrected chi connectivity index (χ2v) is 9.85. The Morgan fingerprint density at radius 2 is 1.58 bits per heavy atom. The lowest BCUT2D eigenvalue weighted by Crippen LogP contribution is -2.27. The van der Waals surface area contributed by atoms with E-state index in [0.29, 0.717) is 5.56 Å². The summed E-state index contributed by atoms with van der Waals surface area (Å²) in [6.45, 7) is 0.348. The molecule has 3 aromatic rings. The van der Waals surface area contributed by atoms with E-state index in [9.17, 15) is 14.0 Å². The van der Waals surface area contributed by atoms with Crippen molar-refractivity contribution >= 4 is 68.1 Å². The molecule has 4 rings (SSSR count). The Morgan fingerprint density at radius 1 is 0.970 bits per heavy atom. The molecule has 3 aromatic carbocycles. The van der Waals surface area contributed by atoms with Crippen LogP contribution in [0, 0.1) is 5.82 Å². The van der Waals surface area contributed by atoms with Crippen LogP contribution >= 0.6 is 50.9 Å². The van der Waals surface area contributed by atoms with Crippen LogP contribution in [-0.2, 0) is 17.9 Å². The number of hydrogen-bond donors (Lipinski definition) is 0. The third kappa shape index (κ3) is 5.79. The number of rotatable bonds is 6. The lowest BCUT2D eigenvalue weighted by Gasteiger charge is -2.12. The van der Waals surface area contributed by atoms with E-state index in [1.54, 1.807) is 30.3 Å². The summed E-state index contributed by atoms with van der Waals surface area (Å²) >= 11 is 16.9. The van der Waals surface area contributed by atoms with Gasteiger partial charge >= 0.3 is 0 Å². The van der Waals surface area contributed by atoms with Gasteiger partial charge in [-0.15, -0.1) is 0 Å². The number of hydrogen-bond acceptors (Lipinski definition) is 4. The van der Waals surface area contributed by atoms with Crippen molar-refractivity contribution in [2.24, 2.45) is 0 Å². The van der Waals surface area contributed by atoms with Gasteiger partial charge in [0, 0.05) is 4.47 Å². The predicted octanol–water partition coefficient (Wildman–Crippen LogP) is 7.71. The zero-order valence-corrected chi connectivity index (χ0v) is 20.8. The highest BCUT2D eigenvalue weighted by Crippen LogP contribution is 2.38. The lowest BCUT2D eigenvalue weighted by atomic mass is 10.2. The van der Waals surface area contributed by atoms with E-state index >= 15 is 0 Å². The quantitative estimate of drug-likeness (QED) is 0.287. The minimum absolute atomic E-state index is 0.161. The molecule has 1 heterocycles. The first-order valence-electron chi connectivity index (χ1n) is 9.66. The Bertz CT molecular complexity index is 1230. The molecule has 9 heteroatoms. The van der Waals surface area contributed by atoms with Gasteiger partial charge in [0.15, 0.2) is 5.75 Å². The van der Waals surface area contributed by atoms with Crippen molar-refractivity contribution in [2.75, 3.05) is 0 Å². The minimum atomic E-state index is -0.378. The first-order valence-corrected chi connectivity index (χ1v) is 12.0. The Hall–Kier alpha value is -2.32. The second kappa shape index (κ2) is 10.3. The summed E-state index contributed by atoms with van der Waals surface area (Å²) in [6.07, 6.45) is 1.58. The molecule has 0 unspecified atom stereocenters. The normalized spacial score (nSPS) is 14.9. The van der Waals surface area contributed by atoms with Crippen LogP contribution in [0.15, 0.2) is 70.0 Å². The van der Waals surface area contributed by atoms with Crippen molar-refractivity contribution < 1.29 is 18.7 Å². The van der Waals surface area contributed by atoms with Gasteiger partial charge in [-0.2, -0.15) is 0 Å². The fourth-order valence-electron chi connectivity index (χ4n) is 3.10. The maximum Gasteiger partial charge on any atom is 0.293 e. The molecule has 0 spiro atoms. The second-order valence-electron chi connectivity index (χ2n) is 7.12. The van der Waals surface area contributed by atoms with Gasteiger partial charge in [0.1, 0.15) is 12.4 Å². The Balaban J connectivity index is 1.49. The molecule has 168 valence electrons. The summed E-state index contributed by atoms with van der Waals surface area (Å²) in [7, 11) is 0. The van der Waals surface area contributed by atoms with E-state index in [1.165, 1.54) is 17.0 Å². The van der Waals surface area contributed by atoms with Crippen molar-refractivity contribution in [3.8, 4) is 5.75 Å². The summed E-state index contributed by atoms with van der Waals surface area (Å²) in [5, 5.41) is 0.167. The maximum absolute atomic E-state index is 13.0. The molecular weight excluding hydrogens is 552 g/mol. The van der Waals surface area contributed by atoms with Gasteiger partial charge in [0.2, 0.25) is 0 Å². The van der Waals surface area contributed by atoms with Crippen LogP contribution in [0.2, 0.25) is 10.0 Å². The van der Waals surface area contributed by atoms with Gasteiger partial charge in [-0.3, -0.25) is 14.5 Å². The van der Waals surface area contributed by atoms with Gasteiger partial charge in [-0.25, -0.2) is 4.39 Å². The number of ether oxygens (including phenoxy) is 1. The van der Waals surface area contributed by atoms with Gasteiger partial charge < -0.3 is 4.74 Å². The average Bonchev–Trinajstić information content (AvgIpc) is 3.03.